The van der Waals surface area contributed by atoms with E-state index < -0.39 is 21.2 Å². The van der Waals surface area contributed by atoms with E-state index in [1.807, 2.05) is 0 Å². The van der Waals surface area contributed by atoms with Crippen molar-refractivity contribution in [3.63, 3.8) is 0 Å². The van der Waals surface area contributed by atoms with Crippen molar-refractivity contribution >= 4 is 33.4 Å². The van der Waals surface area contributed by atoms with Crippen LogP contribution in [-0.2, 0) is 10.8 Å². The molecular weight excluding hydrogens is 315 g/mol. The first-order chi connectivity index (χ1) is 9.38. The first-order valence-corrected chi connectivity index (χ1v) is 7.53. The lowest BCUT2D eigenvalue weighted by atomic mass is 10.3. The third-order valence-corrected chi connectivity index (χ3v) is 4.29. The summed E-state index contributed by atoms with van der Waals surface area (Å²) in [6, 6.07) is 4.94. The summed E-state index contributed by atoms with van der Waals surface area (Å²) in [5.41, 5.74) is -2.17. The normalized spacial score (nSPS) is 16.7. The second-order valence-electron chi connectivity index (χ2n) is 3.68. The maximum Gasteiger partial charge on any atom is 0.475 e. The Morgan fingerprint density at radius 2 is 2.20 bits per heavy atom. The van der Waals surface area contributed by atoms with E-state index in [1.54, 1.807) is 0 Å². The van der Waals surface area contributed by atoms with Crippen LogP contribution >= 0.6 is 11.8 Å². The monoisotopic (exact) mass is 325 g/mol. The molecule has 2 rings (SSSR count). The number of benzene rings is 1. The molecule has 2 N–H and O–H groups in total. The molecule has 0 aliphatic carbocycles. The van der Waals surface area contributed by atoms with E-state index in [0.29, 0.717) is 16.9 Å². The number of halogens is 3. The Kier molecular flexibility index (Phi) is 4.55. The molecule has 0 bridgehead atoms. The minimum atomic E-state index is -4.82. The van der Waals surface area contributed by atoms with E-state index in [4.69, 9.17) is 0 Å². The predicted molar refractivity (Wildman–Crippen MR) is 70.9 cm³/mol. The topological polar surface area (TPSA) is 64.9 Å². The van der Waals surface area contributed by atoms with Crippen LogP contribution in [0.15, 0.2) is 34.2 Å². The molecule has 1 aromatic carbocycles. The van der Waals surface area contributed by atoms with Gasteiger partial charge in [-0.2, -0.15) is 13.2 Å². The summed E-state index contributed by atoms with van der Waals surface area (Å²) in [5, 5.41) is 10.6. The Labute approximate surface area is 119 Å². The van der Waals surface area contributed by atoms with Crippen LogP contribution in [0.25, 0.3) is 0 Å². The number of hydrazine groups is 1. The average Bonchev–Trinajstić information content (AvgIpc) is 2.91. The van der Waals surface area contributed by atoms with Crippen LogP contribution in [-0.4, -0.2) is 37.6 Å². The highest BCUT2D eigenvalue weighted by Crippen LogP contribution is 2.27. The maximum absolute atomic E-state index is 12.4. The van der Waals surface area contributed by atoms with Crippen molar-refractivity contribution in [3.8, 4) is 0 Å². The molecular formula is C10H10F3N3O2S2. The van der Waals surface area contributed by atoms with Crippen molar-refractivity contribution in [2.24, 2.45) is 4.99 Å². The van der Waals surface area contributed by atoms with Crippen LogP contribution in [0, 0.1) is 0 Å². The Hall–Kier alpha value is -1.26. The molecule has 0 saturated heterocycles. The number of nitrogens with one attached hydrogen (secondary N) is 1. The van der Waals surface area contributed by atoms with Gasteiger partial charge in [0.15, 0.2) is 10.8 Å². The van der Waals surface area contributed by atoms with Gasteiger partial charge >= 0.3 is 5.51 Å². The summed E-state index contributed by atoms with van der Waals surface area (Å²) in [7, 11) is -3.10. The second kappa shape index (κ2) is 6.02. The summed E-state index contributed by atoms with van der Waals surface area (Å²) in [4.78, 5) is 3.59. The van der Waals surface area contributed by atoms with Gasteiger partial charge in [-0.3, -0.25) is 15.6 Å². The Bertz CT molecular complexity index is 551. The lowest BCUT2D eigenvalue weighted by Gasteiger charge is -2.18. The molecule has 5 nitrogen and oxygen atoms in total. The summed E-state index contributed by atoms with van der Waals surface area (Å²) in [6.45, 7) is 0.566. The molecule has 0 saturated carbocycles. The van der Waals surface area contributed by atoms with E-state index in [-0.39, 0.29) is 5.69 Å². The maximum atomic E-state index is 12.4. The first kappa shape index (κ1) is 15.1. The molecule has 110 valence electrons. The van der Waals surface area contributed by atoms with Gasteiger partial charge < -0.3 is 0 Å². The van der Waals surface area contributed by atoms with Gasteiger partial charge in [0, 0.05) is 10.6 Å². The van der Waals surface area contributed by atoms with Crippen LogP contribution < -0.4 is 5.43 Å². The highest BCUT2D eigenvalue weighted by Gasteiger charge is 2.38. The SMILES string of the molecule is O=S(c1cccc(NN(O)C2=NCCS2)c1)C(F)(F)F. The third-order valence-electron chi connectivity index (χ3n) is 2.24. The Morgan fingerprint density at radius 3 is 2.80 bits per heavy atom. The van der Waals surface area contributed by atoms with E-state index in [9.17, 15) is 22.6 Å². The van der Waals surface area contributed by atoms with Crippen molar-refractivity contribution in [1.29, 1.82) is 0 Å². The zero-order valence-corrected chi connectivity index (χ0v) is 11.6. The van der Waals surface area contributed by atoms with Gasteiger partial charge in [-0.05, 0) is 18.2 Å². The summed E-state index contributed by atoms with van der Waals surface area (Å²) >= 11 is 1.31. The number of anilines is 1. The Morgan fingerprint density at radius 1 is 1.45 bits per heavy atom. The number of aliphatic imine (C=N–C) groups is 1. The molecule has 0 fully saturated rings. The smallest absolute Gasteiger partial charge is 0.273 e. The minimum Gasteiger partial charge on any atom is -0.273 e. The quantitative estimate of drug-likeness (QED) is 0.836. The molecule has 0 amide bonds. The van der Waals surface area contributed by atoms with E-state index in [1.165, 1.54) is 23.9 Å². The van der Waals surface area contributed by atoms with Gasteiger partial charge in [0.25, 0.3) is 0 Å². The summed E-state index contributed by atoms with van der Waals surface area (Å²) in [6.07, 6.45) is 0. The predicted octanol–water partition coefficient (Wildman–Crippen LogP) is 2.43. The van der Waals surface area contributed by atoms with Crippen molar-refractivity contribution < 1.29 is 22.6 Å². The van der Waals surface area contributed by atoms with Crippen molar-refractivity contribution in [3.05, 3.63) is 24.3 Å². The largest absolute Gasteiger partial charge is 0.475 e. The van der Waals surface area contributed by atoms with Crippen LogP contribution in [0.1, 0.15) is 0 Å². The van der Waals surface area contributed by atoms with Crippen LogP contribution in [0.4, 0.5) is 18.9 Å². The van der Waals surface area contributed by atoms with Crippen LogP contribution in [0.2, 0.25) is 0 Å². The zero-order chi connectivity index (χ0) is 14.8. The summed E-state index contributed by atoms with van der Waals surface area (Å²) < 4.78 is 48.3. The number of nitrogens with zero attached hydrogens (tertiary/aromatic N) is 2. The molecule has 0 spiro atoms. The first-order valence-electron chi connectivity index (χ1n) is 5.39. The summed E-state index contributed by atoms with van der Waals surface area (Å²) in [5.74, 6) is 0.728. The van der Waals surface area contributed by atoms with Crippen molar-refractivity contribution in [2.45, 2.75) is 10.4 Å². The fraction of sp³-hybridized carbons (Fsp3) is 0.300. The molecule has 1 aromatic rings. The van der Waals surface area contributed by atoms with Crippen molar-refractivity contribution in [2.75, 3.05) is 17.7 Å². The van der Waals surface area contributed by atoms with Gasteiger partial charge in [0.05, 0.1) is 12.2 Å². The van der Waals surface area contributed by atoms with Gasteiger partial charge in [-0.1, -0.05) is 17.8 Å². The molecule has 0 aromatic heterocycles. The van der Waals surface area contributed by atoms with E-state index in [2.05, 4.69) is 10.4 Å². The molecule has 10 heteroatoms. The van der Waals surface area contributed by atoms with Gasteiger partial charge in [0.1, 0.15) is 0 Å². The van der Waals surface area contributed by atoms with E-state index in [0.717, 1.165) is 17.9 Å². The van der Waals surface area contributed by atoms with Gasteiger partial charge in [-0.15, -0.1) is 5.17 Å². The zero-order valence-electron chi connectivity index (χ0n) is 9.92. The molecule has 1 aliphatic rings. The lowest BCUT2D eigenvalue weighted by Crippen LogP contribution is -2.30. The molecule has 1 aliphatic heterocycles. The molecule has 0 radical (unpaired) electrons. The van der Waals surface area contributed by atoms with Gasteiger partial charge in [0.2, 0.25) is 5.17 Å². The minimum absolute atomic E-state index is 0.179. The average molecular weight is 325 g/mol. The van der Waals surface area contributed by atoms with Crippen LogP contribution in [0.5, 0.6) is 0 Å². The second-order valence-corrected chi connectivity index (χ2v) is 6.21. The van der Waals surface area contributed by atoms with E-state index >= 15 is 0 Å². The molecule has 20 heavy (non-hydrogen) atoms. The number of hydrogen-bond acceptors (Lipinski definition) is 6. The number of alkyl halides is 3. The highest BCUT2D eigenvalue weighted by atomic mass is 32.2. The molecule has 1 unspecified atom stereocenters. The number of thioether (sulfide) groups is 1. The van der Waals surface area contributed by atoms with Crippen molar-refractivity contribution in [1.82, 2.24) is 5.17 Å². The number of amidine groups is 1. The third kappa shape index (κ3) is 3.64. The molecule has 1 heterocycles. The number of hydroxylamine groups is 1. The number of rotatable bonds is 3. The fourth-order valence-electron chi connectivity index (χ4n) is 1.44. The van der Waals surface area contributed by atoms with Crippen LogP contribution in [0.3, 0.4) is 0 Å². The lowest BCUT2D eigenvalue weighted by molar-refractivity contribution is -0.0384. The highest BCUT2D eigenvalue weighted by molar-refractivity contribution is 8.14. The fourth-order valence-corrected chi connectivity index (χ4v) is 2.86. The number of hydrogen-bond donors (Lipinski definition) is 2. The van der Waals surface area contributed by atoms with Gasteiger partial charge in [-0.25, -0.2) is 4.21 Å². The Balaban J connectivity index is 2.12. The molecule has 1 atom stereocenters. The standard InChI is InChI=1S/C10H10F3N3O2S2/c11-10(12,13)20(18)8-3-1-2-7(6-8)15-16(17)9-14-4-5-19-9/h1-3,6,15,17H,4-5H2.